The molecule has 0 aromatic rings. The molecule has 1 heteroatoms. The van der Waals surface area contributed by atoms with Crippen LogP contribution in [0.1, 0.15) is 78.1 Å². The van der Waals surface area contributed by atoms with Gasteiger partial charge in [-0.25, -0.2) is 0 Å². The fourth-order valence-electron chi connectivity index (χ4n) is 9.10. The van der Waals surface area contributed by atoms with Crippen molar-refractivity contribution < 1.29 is 0 Å². The Kier molecular flexibility index (Phi) is 3.31. The highest BCUT2D eigenvalue weighted by molar-refractivity contribution is 5.14. The van der Waals surface area contributed by atoms with Crippen LogP contribution in [0.4, 0.5) is 0 Å². The maximum Gasteiger partial charge on any atom is 0.00982 e. The SMILES string of the molecule is C[C@H]1[C@H]2CC[C@H]3[C@@H]4CC[C@@H]5CCCC[C@]5(C)[C@H]4CC[C@]23CN1C. The maximum absolute atomic E-state index is 2.72. The first-order valence-electron chi connectivity index (χ1n) is 10.8. The minimum absolute atomic E-state index is 0.719. The highest BCUT2D eigenvalue weighted by Gasteiger charge is 2.64. The van der Waals surface area contributed by atoms with Crippen molar-refractivity contribution in [3.05, 3.63) is 0 Å². The van der Waals surface area contributed by atoms with E-state index in [9.17, 15) is 0 Å². The molecule has 8 atom stereocenters. The molecule has 130 valence electrons. The van der Waals surface area contributed by atoms with E-state index in [4.69, 9.17) is 0 Å². The molecule has 1 saturated heterocycles. The van der Waals surface area contributed by atoms with E-state index in [1.807, 2.05) is 0 Å². The zero-order valence-corrected chi connectivity index (χ0v) is 15.7. The summed E-state index contributed by atoms with van der Waals surface area (Å²) in [5, 5.41) is 0. The van der Waals surface area contributed by atoms with E-state index < -0.39 is 0 Å². The Bertz CT molecular complexity index is 486. The zero-order valence-electron chi connectivity index (χ0n) is 15.7. The molecule has 23 heavy (non-hydrogen) atoms. The van der Waals surface area contributed by atoms with E-state index >= 15 is 0 Å². The van der Waals surface area contributed by atoms with Crippen LogP contribution in [0.15, 0.2) is 0 Å². The number of likely N-dealkylation sites (tertiary alicyclic amines) is 1. The first-order valence-corrected chi connectivity index (χ1v) is 10.8. The Labute approximate surface area is 143 Å². The van der Waals surface area contributed by atoms with Gasteiger partial charge in [0.1, 0.15) is 0 Å². The number of hydrogen-bond donors (Lipinski definition) is 0. The van der Waals surface area contributed by atoms with Gasteiger partial charge in [-0.2, -0.15) is 0 Å². The van der Waals surface area contributed by atoms with Gasteiger partial charge in [-0.05, 0) is 106 Å². The summed E-state index contributed by atoms with van der Waals surface area (Å²) in [5.74, 6) is 5.35. The van der Waals surface area contributed by atoms with Crippen LogP contribution < -0.4 is 0 Å². The molecule has 1 nitrogen and oxygen atoms in total. The molecule has 0 radical (unpaired) electrons. The number of nitrogens with zero attached hydrogens (tertiary/aromatic N) is 1. The molecule has 0 N–H and O–H groups in total. The molecule has 5 aliphatic rings. The van der Waals surface area contributed by atoms with Crippen LogP contribution in [0.5, 0.6) is 0 Å². The lowest BCUT2D eigenvalue weighted by molar-refractivity contribution is -0.109. The fraction of sp³-hybridized carbons (Fsp3) is 1.00. The Hall–Kier alpha value is -0.0400. The minimum atomic E-state index is 0.719. The molecule has 4 saturated carbocycles. The Morgan fingerprint density at radius 3 is 2.52 bits per heavy atom. The van der Waals surface area contributed by atoms with E-state index in [1.165, 1.54) is 19.4 Å². The summed E-state index contributed by atoms with van der Waals surface area (Å²) < 4.78 is 0. The van der Waals surface area contributed by atoms with Gasteiger partial charge in [0.15, 0.2) is 0 Å². The Balaban J connectivity index is 1.47. The smallest absolute Gasteiger partial charge is 0.00982 e. The Morgan fingerprint density at radius 1 is 0.826 bits per heavy atom. The second-order valence-corrected chi connectivity index (χ2v) is 10.5. The molecule has 5 fully saturated rings. The standard InChI is InChI=1S/C22H37N/c1-15-18-9-10-20-17-8-7-16-6-4-5-12-21(16,2)19(17)11-13-22(18,20)14-23(15)3/h15-20H,4-14H2,1-3H3/t15-,16-,17+,18+,19-,20-,21-,22-/m0/s1. The van der Waals surface area contributed by atoms with E-state index in [2.05, 4.69) is 25.8 Å². The third kappa shape index (κ3) is 1.84. The lowest BCUT2D eigenvalue weighted by Crippen LogP contribution is -2.53. The van der Waals surface area contributed by atoms with Crippen molar-refractivity contribution >= 4 is 0 Å². The average Bonchev–Trinajstić information content (AvgIpc) is 3.02. The molecule has 0 unspecified atom stereocenters. The van der Waals surface area contributed by atoms with Crippen LogP contribution >= 0.6 is 0 Å². The van der Waals surface area contributed by atoms with Crippen molar-refractivity contribution in [3.8, 4) is 0 Å². The third-order valence-corrected chi connectivity index (χ3v) is 10.2. The first-order chi connectivity index (χ1) is 11.1. The lowest BCUT2D eigenvalue weighted by atomic mass is 9.45. The number of hydrogen-bond acceptors (Lipinski definition) is 1. The van der Waals surface area contributed by atoms with Gasteiger partial charge in [0, 0.05) is 12.6 Å². The average molecular weight is 316 g/mol. The van der Waals surface area contributed by atoms with Crippen LogP contribution in [-0.2, 0) is 0 Å². The number of rotatable bonds is 0. The van der Waals surface area contributed by atoms with Crippen molar-refractivity contribution in [2.75, 3.05) is 13.6 Å². The molecule has 0 bridgehead atoms. The van der Waals surface area contributed by atoms with Gasteiger partial charge in [0.2, 0.25) is 0 Å². The number of fused-ring (bicyclic) bond motifs is 4. The molecule has 1 heterocycles. The molecular formula is C22H37N. The predicted molar refractivity (Wildman–Crippen MR) is 96.3 cm³/mol. The van der Waals surface area contributed by atoms with Crippen LogP contribution in [0.3, 0.4) is 0 Å². The highest BCUT2D eigenvalue weighted by atomic mass is 15.2. The molecule has 4 aliphatic carbocycles. The normalized spacial score (nSPS) is 59.1. The van der Waals surface area contributed by atoms with E-state index in [1.54, 1.807) is 51.4 Å². The van der Waals surface area contributed by atoms with Crippen molar-refractivity contribution in [3.63, 3.8) is 0 Å². The van der Waals surface area contributed by atoms with E-state index in [0.717, 1.165) is 46.5 Å². The molecule has 0 amide bonds. The fourth-order valence-corrected chi connectivity index (χ4v) is 9.10. The largest absolute Gasteiger partial charge is 0.303 e. The van der Waals surface area contributed by atoms with E-state index in [-0.39, 0.29) is 0 Å². The van der Waals surface area contributed by atoms with Gasteiger partial charge in [-0.1, -0.05) is 19.8 Å². The minimum Gasteiger partial charge on any atom is -0.303 e. The van der Waals surface area contributed by atoms with E-state index in [0.29, 0.717) is 0 Å². The summed E-state index contributed by atoms with van der Waals surface area (Å²) in [6.45, 7) is 6.67. The summed E-state index contributed by atoms with van der Waals surface area (Å²) in [6.07, 6.45) is 15.6. The van der Waals surface area contributed by atoms with Gasteiger partial charge in [0.25, 0.3) is 0 Å². The van der Waals surface area contributed by atoms with Gasteiger partial charge >= 0.3 is 0 Å². The predicted octanol–water partition coefficient (Wildman–Crippen LogP) is 5.35. The van der Waals surface area contributed by atoms with Gasteiger partial charge < -0.3 is 4.90 Å². The molecule has 1 aliphatic heterocycles. The second-order valence-electron chi connectivity index (χ2n) is 10.5. The first kappa shape index (κ1) is 15.2. The van der Waals surface area contributed by atoms with Crippen LogP contribution in [0.2, 0.25) is 0 Å². The summed E-state index contributed by atoms with van der Waals surface area (Å²) in [6, 6.07) is 0.846. The zero-order chi connectivity index (χ0) is 15.8. The quantitative estimate of drug-likeness (QED) is 0.582. The van der Waals surface area contributed by atoms with Crippen molar-refractivity contribution in [2.45, 2.75) is 84.1 Å². The monoisotopic (exact) mass is 315 g/mol. The van der Waals surface area contributed by atoms with Crippen molar-refractivity contribution in [1.29, 1.82) is 0 Å². The summed E-state index contributed by atoms with van der Waals surface area (Å²) in [5.41, 5.74) is 1.45. The van der Waals surface area contributed by atoms with Gasteiger partial charge in [-0.3, -0.25) is 0 Å². The molecule has 1 spiro atoms. The summed E-state index contributed by atoms with van der Waals surface area (Å²) in [7, 11) is 2.40. The summed E-state index contributed by atoms with van der Waals surface area (Å²) in [4.78, 5) is 2.71. The Morgan fingerprint density at radius 2 is 1.65 bits per heavy atom. The topological polar surface area (TPSA) is 3.24 Å². The lowest BCUT2D eigenvalue weighted by Gasteiger charge is -2.60. The molecule has 0 aromatic heterocycles. The van der Waals surface area contributed by atoms with Crippen LogP contribution in [0.25, 0.3) is 0 Å². The molecule has 0 aromatic carbocycles. The van der Waals surface area contributed by atoms with Gasteiger partial charge in [-0.15, -0.1) is 0 Å². The van der Waals surface area contributed by atoms with Crippen LogP contribution in [0, 0.1) is 40.4 Å². The maximum atomic E-state index is 2.72. The molecule has 5 rings (SSSR count). The highest BCUT2D eigenvalue weighted by Crippen LogP contribution is 2.69. The van der Waals surface area contributed by atoms with Crippen molar-refractivity contribution in [2.24, 2.45) is 40.4 Å². The molecular weight excluding hydrogens is 278 g/mol. The summed E-state index contributed by atoms with van der Waals surface area (Å²) >= 11 is 0. The van der Waals surface area contributed by atoms with Crippen molar-refractivity contribution in [1.82, 2.24) is 4.90 Å². The van der Waals surface area contributed by atoms with Crippen LogP contribution in [-0.4, -0.2) is 24.5 Å². The third-order valence-electron chi connectivity index (χ3n) is 10.2. The second kappa shape index (κ2) is 4.99. The van der Waals surface area contributed by atoms with Gasteiger partial charge in [0.05, 0.1) is 0 Å².